The van der Waals surface area contributed by atoms with E-state index in [1.165, 1.54) is 0 Å². The molecule has 0 aliphatic rings. The molecule has 0 saturated heterocycles. The molecule has 0 spiro atoms. The molecule has 1 aromatic carbocycles. The summed E-state index contributed by atoms with van der Waals surface area (Å²) in [5, 5.41) is 13.7. The maximum Gasteiger partial charge on any atom is 0.183 e. The molecular formula is C14H21N3OS. The molecule has 5 heteroatoms. The second-order valence-electron chi connectivity index (χ2n) is 4.48. The van der Waals surface area contributed by atoms with E-state index in [1.807, 2.05) is 6.07 Å². The molecule has 0 bridgehead atoms. The fraction of sp³-hybridized carbons (Fsp3) is 0.500. The molecule has 0 amide bonds. The SMILES string of the molecule is CCN(CC)CCCNc1nc2ccc(O)cc2s1. The van der Waals surface area contributed by atoms with Gasteiger partial charge in [-0.25, -0.2) is 4.98 Å². The van der Waals surface area contributed by atoms with Crippen LogP contribution in [0.3, 0.4) is 0 Å². The van der Waals surface area contributed by atoms with E-state index in [-0.39, 0.29) is 0 Å². The number of phenolic OH excluding ortho intramolecular Hbond substituents is 1. The third kappa shape index (κ3) is 3.81. The Labute approximate surface area is 118 Å². The molecule has 0 unspecified atom stereocenters. The van der Waals surface area contributed by atoms with Gasteiger partial charge in [0.15, 0.2) is 5.13 Å². The Balaban J connectivity index is 1.84. The number of nitrogens with zero attached hydrogens (tertiary/aromatic N) is 2. The summed E-state index contributed by atoms with van der Waals surface area (Å²) in [6, 6.07) is 5.28. The van der Waals surface area contributed by atoms with Gasteiger partial charge in [0.2, 0.25) is 0 Å². The molecule has 2 rings (SSSR count). The highest BCUT2D eigenvalue weighted by Crippen LogP contribution is 2.28. The number of phenols is 1. The molecule has 2 N–H and O–H groups in total. The highest BCUT2D eigenvalue weighted by Gasteiger charge is 2.04. The van der Waals surface area contributed by atoms with Crippen molar-refractivity contribution in [2.45, 2.75) is 20.3 Å². The molecule has 0 fully saturated rings. The van der Waals surface area contributed by atoms with E-state index in [2.05, 4.69) is 29.0 Å². The number of fused-ring (bicyclic) bond motifs is 1. The summed E-state index contributed by atoms with van der Waals surface area (Å²) >= 11 is 1.59. The van der Waals surface area contributed by atoms with Crippen LogP contribution in [0.2, 0.25) is 0 Å². The van der Waals surface area contributed by atoms with Crippen LogP contribution in [0.25, 0.3) is 10.2 Å². The molecule has 1 heterocycles. The third-order valence-electron chi connectivity index (χ3n) is 3.19. The van der Waals surface area contributed by atoms with Gasteiger partial charge in [0.25, 0.3) is 0 Å². The molecule has 0 aliphatic carbocycles. The van der Waals surface area contributed by atoms with E-state index in [4.69, 9.17) is 0 Å². The van der Waals surface area contributed by atoms with Gasteiger partial charge in [-0.05, 0) is 44.3 Å². The number of anilines is 1. The molecule has 0 atom stereocenters. The first-order valence-electron chi connectivity index (χ1n) is 6.78. The maximum absolute atomic E-state index is 9.42. The van der Waals surface area contributed by atoms with Crippen molar-refractivity contribution < 1.29 is 5.11 Å². The highest BCUT2D eigenvalue weighted by molar-refractivity contribution is 7.22. The summed E-state index contributed by atoms with van der Waals surface area (Å²) in [6.45, 7) is 8.65. The second kappa shape index (κ2) is 6.73. The van der Waals surface area contributed by atoms with Crippen LogP contribution in [0.5, 0.6) is 5.75 Å². The summed E-state index contributed by atoms with van der Waals surface area (Å²) in [5.74, 6) is 0.296. The minimum Gasteiger partial charge on any atom is -0.508 e. The normalized spacial score (nSPS) is 11.3. The van der Waals surface area contributed by atoms with Gasteiger partial charge in [-0.15, -0.1) is 0 Å². The maximum atomic E-state index is 9.42. The Morgan fingerprint density at radius 1 is 1.32 bits per heavy atom. The van der Waals surface area contributed by atoms with E-state index in [0.29, 0.717) is 5.75 Å². The first-order chi connectivity index (χ1) is 9.22. The first-order valence-corrected chi connectivity index (χ1v) is 7.60. The van der Waals surface area contributed by atoms with Crippen molar-refractivity contribution >= 4 is 26.7 Å². The molecule has 2 aromatic rings. The van der Waals surface area contributed by atoms with Crippen LogP contribution >= 0.6 is 11.3 Å². The van der Waals surface area contributed by atoms with E-state index < -0.39 is 0 Å². The molecule has 0 radical (unpaired) electrons. The van der Waals surface area contributed by atoms with Gasteiger partial charge in [0.1, 0.15) is 5.75 Å². The van der Waals surface area contributed by atoms with E-state index in [0.717, 1.165) is 47.9 Å². The summed E-state index contributed by atoms with van der Waals surface area (Å²) in [6.07, 6.45) is 1.11. The zero-order chi connectivity index (χ0) is 13.7. The highest BCUT2D eigenvalue weighted by atomic mass is 32.1. The lowest BCUT2D eigenvalue weighted by Gasteiger charge is -2.17. The van der Waals surface area contributed by atoms with Crippen molar-refractivity contribution in [3.63, 3.8) is 0 Å². The molecular weight excluding hydrogens is 258 g/mol. The van der Waals surface area contributed by atoms with Crippen molar-refractivity contribution in [1.82, 2.24) is 9.88 Å². The van der Waals surface area contributed by atoms with Crippen LogP contribution in [-0.4, -0.2) is 41.2 Å². The number of rotatable bonds is 7. The average molecular weight is 279 g/mol. The lowest BCUT2D eigenvalue weighted by atomic mass is 10.3. The van der Waals surface area contributed by atoms with Gasteiger partial charge in [-0.3, -0.25) is 0 Å². The van der Waals surface area contributed by atoms with Crippen LogP contribution in [-0.2, 0) is 0 Å². The Hall–Kier alpha value is -1.33. The summed E-state index contributed by atoms with van der Waals surface area (Å²) in [5.41, 5.74) is 0.939. The number of aromatic nitrogens is 1. The lowest BCUT2D eigenvalue weighted by Crippen LogP contribution is -2.25. The number of benzene rings is 1. The lowest BCUT2D eigenvalue weighted by molar-refractivity contribution is 0.303. The monoisotopic (exact) mass is 279 g/mol. The predicted octanol–water partition coefficient (Wildman–Crippen LogP) is 3.15. The van der Waals surface area contributed by atoms with E-state index >= 15 is 0 Å². The Bertz CT molecular complexity index is 522. The van der Waals surface area contributed by atoms with E-state index in [9.17, 15) is 5.11 Å². The molecule has 19 heavy (non-hydrogen) atoms. The third-order valence-corrected chi connectivity index (χ3v) is 4.17. The Morgan fingerprint density at radius 3 is 2.84 bits per heavy atom. The zero-order valence-corrected chi connectivity index (χ0v) is 12.3. The van der Waals surface area contributed by atoms with Gasteiger partial charge in [0.05, 0.1) is 10.2 Å². The van der Waals surface area contributed by atoms with Crippen molar-refractivity contribution in [3.05, 3.63) is 18.2 Å². The number of hydrogen-bond acceptors (Lipinski definition) is 5. The summed E-state index contributed by atoms with van der Waals surface area (Å²) in [4.78, 5) is 6.91. The number of aromatic hydroxyl groups is 1. The fourth-order valence-corrected chi connectivity index (χ4v) is 2.95. The minimum atomic E-state index is 0.296. The number of hydrogen-bond donors (Lipinski definition) is 2. The quantitative estimate of drug-likeness (QED) is 0.764. The Kier molecular flexibility index (Phi) is 4.99. The summed E-state index contributed by atoms with van der Waals surface area (Å²) in [7, 11) is 0. The molecule has 104 valence electrons. The van der Waals surface area contributed by atoms with Crippen LogP contribution in [0.1, 0.15) is 20.3 Å². The summed E-state index contributed by atoms with van der Waals surface area (Å²) < 4.78 is 1.02. The van der Waals surface area contributed by atoms with Crippen LogP contribution < -0.4 is 5.32 Å². The van der Waals surface area contributed by atoms with Crippen LogP contribution in [0.15, 0.2) is 18.2 Å². The van der Waals surface area contributed by atoms with E-state index in [1.54, 1.807) is 23.5 Å². The Morgan fingerprint density at radius 2 is 2.11 bits per heavy atom. The largest absolute Gasteiger partial charge is 0.508 e. The van der Waals surface area contributed by atoms with Crippen molar-refractivity contribution in [3.8, 4) is 5.75 Å². The van der Waals surface area contributed by atoms with Gasteiger partial charge in [0, 0.05) is 6.54 Å². The zero-order valence-electron chi connectivity index (χ0n) is 11.5. The van der Waals surface area contributed by atoms with Crippen molar-refractivity contribution in [1.29, 1.82) is 0 Å². The number of thiazole rings is 1. The molecule has 1 aromatic heterocycles. The first kappa shape index (κ1) is 14.1. The minimum absolute atomic E-state index is 0.296. The van der Waals surface area contributed by atoms with Gasteiger partial charge < -0.3 is 15.3 Å². The molecule has 0 saturated carbocycles. The van der Waals surface area contributed by atoms with Gasteiger partial charge >= 0.3 is 0 Å². The van der Waals surface area contributed by atoms with Crippen LogP contribution in [0.4, 0.5) is 5.13 Å². The van der Waals surface area contributed by atoms with Crippen molar-refractivity contribution in [2.24, 2.45) is 0 Å². The van der Waals surface area contributed by atoms with Gasteiger partial charge in [-0.2, -0.15) is 0 Å². The predicted molar refractivity (Wildman–Crippen MR) is 82.2 cm³/mol. The standard InChI is InChI=1S/C14H21N3OS/c1-3-17(4-2)9-5-8-15-14-16-12-7-6-11(18)10-13(12)19-14/h6-7,10,18H,3-5,8-9H2,1-2H3,(H,15,16). The van der Waals surface area contributed by atoms with Crippen molar-refractivity contribution in [2.75, 3.05) is 31.5 Å². The van der Waals surface area contributed by atoms with Gasteiger partial charge in [-0.1, -0.05) is 25.2 Å². The fourth-order valence-electron chi connectivity index (χ4n) is 2.03. The average Bonchev–Trinajstić information content (AvgIpc) is 2.80. The smallest absolute Gasteiger partial charge is 0.183 e. The molecule has 0 aliphatic heterocycles. The topological polar surface area (TPSA) is 48.4 Å². The second-order valence-corrected chi connectivity index (χ2v) is 5.51. The molecule has 4 nitrogen and oxygen atoms in total. The van der Waals surface area contributed by atoms with Crippen LogP contribution in [0, 0.1) is 0 Å². The number of nitrogens with one attached hydrogen (secondary N) is 1.